The SMILES string of the molecule is Cc1ccc(-c2ncc(F)cn2)cc1N. The van der Waals surface area contributed by atoms with Gasteiger partial charge in [-0.25, -0.2) is 14.4 Å². The molecule has 0 unspecified atom stereocenters. The number of anilines is 1. The minimum absolute atomic E-state index is 0.446. The second-order valence-electron chi connectivity index (χ2n) is 3.30. The molecule has 0 saturated heterocycles. The molecular weight excluding hydrogens is 193 g/mol. The first-order chi connectivity index (χ1) is 7.16. The quantitative estimate of drug-likeness (QED) is 0.722. The van der Waals surface area contributed by atoms with Gasteiger partial charge in [-0.05, 0) is 18.6 Å². The van der Waals surface area contributed by atoms with Crippen LogP contribution < -0.4 is 5.73 Å². The zero-order chi connectivity index (χ0) is 10.8. The molecule has 0 amide bonds. The molecule has 76 valence electrons. The molecule has 0 spiro atoms. The van der Waals surface area contributed by atoms with Gasteiger partial charge in [0.1, 0.15) is 0 Å². The van der Waals surface area contributed by atoms with Crippen LogP contribution in [-0.4, -0.2) is 9.97 Å². The highest BCUT2D eigenvalue weighted by molar-refractivity contribution is 5.63. The number of nitrogens with two attached hydrogens (primary N) is 1. The fourth-order valence-corrected chi connectivity index (χ4v) is 1.24. The molecule has 0 aliphatic heterocycles. The zero-order valence-electron chi connectivity index (χ0n) is 8.24. The van der Waals surface area contributed by atoms with Crippen LogP contribution in [0.25, 0.3) is 11.4 Å². The highest BCUT2D eigenvalue weighted by Crippen LogP contribution is 2.20. The van der Waals surface area contributed by atoms with Crippen molar-refractivity contribution in [3.63, 3.8) is 0 Å². The number of rotatable bonds is 1. The Hall–Kier alpha value is -1.97. The summed E-state index contributed by atoms with van der Waals surface area (Å²) in [6.45, 7) is 1.92. The van der Waals surface area contributed by atoms with Crippen molar-refractivity contribution in [3.8, 4) is 11.4 Å². The number of benzene rings is 1. The van der Waals surface area contributed by atoms with Crippen LogP contribution in [0.5, 0.6) is 0 Å². The topological polar surface area (TPSA) is 51.8 Å². The predicted molar refractivity (Wildman–Crippen MR) is 56.6 cm³/mol. The largest absolute Gasteiger partial charge is 0.398 e. The van der Waals surface area contributed by atoms with Gasteiger partial charge in [-0.2, -0.15) is 0 Å². The lowest BCUT2D eigenvalue weighted by atomic mass is 10.1. The number of hydrogen-bond acceptors (Lipinski definition) is 3. The summed E-state index contributed by atoms with van der Waals surface area (Å²) in [6.07, 6.45) is 2.27. The first kappa shape index (κ1) is 9.58. The van der Waals surface area contributed by atoms with E-state index in [0.29, 0.717) is 11.5 Å². The summed E-state index contributed by atoms with van der Waals surface area (Å²) >= 11 is 0. The van der Waals surface area contributed by atoms with Gasteiger partial charge in [0, 0.05) is 11.3 Å². The van der Waals surface area contributed by atoms with Gasteiger partial charge in [-0.3, -0.25) is 0 Å². The molecule has 0 fully saturated rings. The first-order valence-electron chi connectivity index (χ1n) is 4.51. The van der Waals surface area contributed by atoms with Crippen molar-refractivity contribution < 1.29 is 4.39 Å². The molecule has 1 heterocycles. The van der Waals surface area contributed by atoms with Crippen LogP contribution in [0.3, 0.4) is 0 Å². The van der Waals surface area contributed by atoms with Gasteiger partial charge in [0.2, 0.25) is 0 Å². The van der Waals surface area contributed by atoms with Crippen molar-refractivity contribution in [1.29, 1.82) is 0 Å². The number of halogens is 1. The average molecular weight is 203 g/mol. The molecule has 2 N–H and O–H groups in total. The summed E-state index contributed by atoms with van der Waals surface area (Å²) in [5.41, 5.74) is 8.23. The minimum atomic E-state index is -0.446. The van der Waals surface area contributed by atoms with Crippen LogP contribution in [-0.2, 0) is 0 Å². The van der Waals surface area contributed by atoms with Gasteiger partial charge in [0.15, 0.2) is 11.6 Å². The Labute approximate surface area is 86.8 Å². The van der Waals surface area contributed by atoms with Gasteiger partial charge >= 0.3 is 0 Å². The standard InChI is InChI=1S/C11H10FN3/c1-7-2-3-8(4-10(7)13)11-14-5-9(12)6-15-11/h2-6H,13H2,1H3. The summed E-state index contributed by atoms with van der Waals surface area (Å²) in [6, 6.07) is 5.53. The first-order valence-corrected chi connectivity index (χ1v) is 4.51. The number of nitrogen functional groups attached to an aromatic ring is 1. The van der Waals surface area contributed by atoms with E-state index in [0.717, 1.165) is 23.5 Å². The van der Waals surface area contributed by atoms with E-state index in [2.05, 4.69) is 9.97 Å². The maximum Gasteiger partial charge on any atom is 0.159 e. The van der Waals surface area contributed by atoms with Crippen molar-refractivity contribution >= 4 is 5.69 Å². The van der Waals surface area contributed by atoms with Crippen LogP contribution in [0.15, 0.2) is 30.6 Å². The molecule has 2 aromatic rings. The Morgan fingerprint density at radius 1 is 1.20 bits per heavy atom. The maximum atomic E-state index is 12.6. The van der Waals surface area contributed by atoms with E-state index < -0.39 is 5.82 Å². The number of nitrogens with zero attached hydrogens (tertiary/aromatic N) is 2. The van der Waals surface area contributed by atoms with E-state index in [-0.39, 0.29) is 0 Å². The third kappa shape index (κ3) is 1.93. The molecule has 0 aliphatic rings. The molecule has 0 bridgehead atoms. The minimum Gasteiger partial charge on any atom is -0.398 e. The lowest BCUT2D eigenvalue weighted by Crippen LogP contribution is -1.93. The van der Waals surface area contributed by atoms with Crippen molar-refractivity contribution in [2.24, 2.45) is 0 Å². The van der Waals surface area contributed by atoms with Gasteiger partial charge in [0.25, 0.3) is 0 Å². The Bertz CT molecular complexity index is 480. The number of hydrogen-bond donors (Lipinski definition) is 1. The average Bonchev–Trinajstić information content (AvgIpc) is 2.23. The van der Waals surface area contributed by atoms with E-state index >= 15 is 0 Å². The summed E-state index contributed by atoms with van der Waals surface area (Å²) in [4.78, 5) is 7.76. The van der Waals surface area contributed by atoms with Crippen molar-refractivity contribution in [1.82, 2.24) is 9.97 Å². The van der Waals surface area contributed by atoms with E-state index in [1.54, 1.807) is 6.07 Å². The molecule has 1 aromatic heterocycles. The third-order valence-electron chi connectivity index (χ3n) is 2.16. The molecule has 0 saturated carbocycles. The fourth-order valence-electron chi connectivity index (χ4n) is 1.24. The molecule has 0 radical (unpaired) electrons. The molecule has 3 nitrogen and oxygen atoms in total. The van der Waals surface area contributed by atoms with Crippen LogP contribution in [0.2, 0.25) is 0 Å². The Morgan fingerprint density at radius 2 is 1.87 bits per heavy atom. The lowest BCUT2D eigenvalue weighted by molar-refractivity contribution is 0.614. The Kier molecular flexibility index (Phi) is 2.33. The van der Waals surface area contributed by atoms with Crippen molar-refractivity contribution in [2.45, 2.75) is 6.92 Å². The zero-order valence-corrected chi connectivity index (χ0v) is 8.24. The highest BCUT2D eigenvalue weighted by Gasteiger charge is 2.02. The van der Waals surface area contributed by atoms with Crippen LogP contribution >= 0.6 is 0 Å². The fraction of sp³-hybridized carbons (Fsp3) is 0.0909. The van der Waals surface area contributed by atoms with Gasteiger partial charge in [-0.15, -0.1) is 0 Å². The van der Waals surface area contributed by atoms with Crippen molar-refractivity contribution in [3.05, 3.63) is 42.0 Å². The second-order valence-corrected chi connectivity index (χ2v) is 3.30. The molecule has 0 aliphatic carbocycles. The van der Waals surface area contributed by atoms with Crippen LogP contribution in [0.4, 0.5) is 10.1 Å². The lowest BCUT2D eigenvalue weighted by Gasteiger charge is -2.03. The third-order valence-corrected chi connectivity index (χ3v) is 2.16. The molecule has 1 aromatic carbocycles. The predicted octanol–water partition coefficient (Wildman–Crippen LogP) is 2.17. The van der Waals surface area contributed by atoms with Crippen LogP contribution in [0, 0.1) is 12.7 Å². The Balaban J connectivity index is 2.45. The molecule has 4 heteroatoms. The molecular formula is C11H10FN3. The summed E-state index contributed by atoms with van der Waals surface area (Å²) in [7, 11) is 0. The number of aryl methyl sites for hydroxylation is 1. The maximum absolute atomic E-state index is 12.6. The van der Waals surface area contributed by atoms with Gasteiger partial charge in [-0.1, -0.05) is 12.1 Å². The smallest absolute Gasteiger partial charge is 0.159 e. The molecule has 0 atom stereocenters. The molecule has 15 heavy (non-hydrogen) atoms. The highest BCUT2D eigenvalue weighted by atomic mass is 19.1. The van der Waals surface area contributed by atoms with Gasteiger partial charge < -0.3 is 5.73 Å². The molecule has 2 rings (SSSR count). The Morgan fingerprint density at radius 3 is 2.47 bits per heavy atom. The van der Waals surface area contributed by atoms with E-state index in [9.17, 15) is 4.39 Å². The van der Waals surface area contributed by atoms with Crippen molar-refractivity contribution in [2.75, 3.05) is 5.73 Å². The number of aromatic nitrogens is 2. The second kappa shape index (κ2) is 3.65. The van der Waals surface area contributed by atoms with E-state index in [4.69, 9.17) is 5.73 Å². The summed E-state index contributed by atoms with van der Waals surface area (Å²) < 4.78 is 12.6. The monoisotopic (exact) mass is 203 g/mol. The summed E-state index contributed by atoms with van der Waals surface area (Å²) in [5.74, 6) is 0.0296. The van der Waals surface area contributed by atoms with Gasteiger partial charge in [0.05, 0.1) is 12.4 Å². The summed E-state index contributed by atoms with van der Waals surface area (Å²) in [5, 5.41) is 0. The normalized spacial score (nSPS) is 10.3. The van der Waals surface area contributed by atoms with E-state index in [1.807, 2.05) is 19.1 Å². The van der Waals surface area contributed by atoms with Crippen LogP contribution in [0.1, 0.15) is 5.56 Å². The van der Waals surface area contributed by atoms with E-state index in [1.165, 1.54) is 0 Å².